The Morgan fingerprint density at radius 3 is 3.09 bits per heavy atom. The highest BCUT2D eigenvalue weighted by Gasteiger charge is 2.23. The summed E-state index contributed by atoms with van der Waals surface area (Å²) in [6, 6.07) is 5.34. The Kier molecular flexibility index (Phi) is 4.17. The number of fused-ring (bicyclic) bond motifs is 1. The summed E-state index contributed by atoms with van der Waals surface area (Å²) in [7, 11) is -3.42. The summed E-state index contributed by atoms with van der Waals surface area (Å²) in [6.07, 6.45) is 5.19. The highest BCUT2D eigenvalue weighted by molar-refractivity contribution is 7.92. The largest absolute Gasteiger partial charge is 0.377 e. The SMILES string of the molecule is C=CCn1cc2ccc(NS(=O)(=O)CC3CCCO3)cc2n1. The molecule has 7 heteroatoms. The van der Waals surface area contributed by atoms with Gasteiger partial charge >= 0.3 is 0 Å². The molecule has 3 rings (SSSR count). The Hall–Kier alpha value is -1.86. The maximum absolute atomic E-state index is 12.2. The first-order chi connectivity index (χ1) is 10.6. The van der Waals surface area contributed by atoms with Crippen molar-refractivity contribution in [1.29, 1.82) is 0 Å². The summed E-state index contributed by atoms with van der Waals surface area (Å²) in [5.41, 5.74) is 1.27. The Morgan fingerprint density at radius 2 is 2.36 bits per heavy atom. The fourth-order valence-electron chi connectivity index (χ4n) is 2.60. The van der Waals surface area contributed by atoms with E-state index in [1.807, 2.05) is 12.3 Å². The molecule has 1 aromatic carbocycles. The Morgan fingerprint density at radius 1 is 1.50 bits per heavy atom. The first-order valence-corrected chi connectivity index (χ1v) is 8.91. The molecule has 1 saturated heterocycles. The highest BCUT2D eigenvalue weighted by atomic mass is 32.2. The van der Waals surface area contributed by atoms with E-state index in [0.717, 1.165) is 23.7 Å². The van der Waals surface area contributed by atoms with E-state index in [1.165, 1.54) is 0 Å². The predicted molar refractivity (Wildman–Crippen MR) is 86.3 cm³/mol. The summed E-state index contributed by atoms with van der Waals surface area (Å²) in [6.45, 7) is 4.94. The van der Waals surface area contributed by atoms with Crippen molar-refractivity contribution in [3.05, 3.63) is 37.1 Å². The van der Waals surface area contributed by atoms with Crippen LogP contribution in [0.2, 0.25) is 0 Å². The van der Waals surface area contributed by atoms with Crippen molar-refractivity contribution < 1.29 is 13.2 Å². The number of rotatable bonds is 6. The zero-order valence-corrected chi connectivity index (χ0v) is 13.1. The highest BCUT2D eigenvalue weighted by Crippen LogP contribution is 2.20. The topological polar surface area (TPSA) is 73.2 Å². The first-order valence-electron chi connectivity index (χ1n) is 7.26. The van der Waals surface area contributed by atoms with Gasteiger partial charge in [0.2, 0.25) is 10.0 Å². The summed E-state index contributed by atoms with van der Waals surface area (Å²) in [5.74, 6) is -0.00403. The van der Waals surface area contributed by atoms with E-state index in [2.05, 4.69) is 16.4 Å². The van der Waals surface area contributed by atoms with Crippen molar-refractivity contribution >= 4 is 26.6 Å². The molecule has 22 heavy (non-hydrogen) atoms. The van der Waals surface area contributed by atoms with Crippen LogP contribution in [-0.4, -0.2) is 36.7 Å². The van der Waals surface area contributed by atoms with Crippen LogP contribution < -0.4 is 4.72 Å². The van der Waals surface area contributed by atoms with Crippen LogP contribution >= 0.6 is 0 Å². The van der Waals surface area contributed by atoms with Gasteiger partial charge in [0.15, 0.2) is 0 Å². The summed E-state index contributed by atoms with van der Waals surface area (Å²) in [4.78, 5) is 0. The van der Waals surface area contributed by atoms with E-state index < -0.39 is 10.0 Å². The van der Waals surface area contributed by atoms with Gasteiger partial charge in [-0.2, -0.15) is 5.10 Å². The molecule has 2 heterocycles. The van der Waals surface area contributed by atoms with Crippen LogP contribution in [-0.2, 0) is 21.3 Å². The molecule has 2 aromatic rings. The summed E-state index contributed by atoms with van der Waals surface area (Å²) >= 11 is 0. The number of allylic oxidation sites excluding steroid dienone is 1. The average Bonchev–Trinajstić information content (AvgIpc) is 3.06. The van der Waals surface area contributed by atoms with E-state index in [4.69, 9.17) is 4.74 Å². The lowest BCUT2D eigenvalue weighted by atomic mass is 10.2. The number of anilines is 1. The lowest BCUT2D eigenvalue weighted by Crippen LogP contribution is -2.25. The number of sulfonamides is 1. The van der Waals surface area contributed by atoms with E-state index in [1.54, 1.807) is 22.9 Å². The Labute approximate surface area is 129 Å². The summed E-state index contributed by atoms with van der Waals surface area (Å²) < 4.78 is 34.1. The second kappa shape index (κ2) is 6.10. The minimum atomic E-state index is -3.42. The zero-order valence-electron chi connectivity index (χ0n) is 12.2. The molecule has 1 aromatic heterocycles. The molecule has 0 bridgehead atoms. The molecule has 1 atom stereocenters. The number of benzene rings is 1. The van der Waals surface area contributed by atoms with Crippen LogP contribution in [0.1, 0.15) is 12.8 Å². The molecular weight excluding hydrogens is 302 g/mol. The van der Waals surface area contributed by atoms with Gasteiger partial charge in [-0.3, -0.25) is 9.40 Å². The standard InChI is InChI=1S/C15H19N3O3S/c1-2-7-18-10-12-5-6-13(9-15(12)16-18)17-22(19,20)11-14-4-3-8-21-14/h2,5-6,9-10,14,17H,1,3-4,7-8,11H2. The minimum Gasteiger partial charge on any atom is -0.377 e. The number of nitrogens with one attached hydrogen (secondary N) is 1. The lowest BCUT2D eigenvalue weighted by molar-refractivity contribution is 0.127. The van der Waals surface area contributed by atoms with Crippen molar-refractivity contribution in [2.24, 2.45) is 0 Å². The molecule has 1 aliphatic heterocycles. The van der Waals surface area contributed by atoms with Crippen LogP contribution in [0.4, 0.5) is 5.69 Å². The molecule has 0 spiro atoms. The van der Waals surface area contributed by atoms with E-state index in [9.17, 15) is 8.42 Å². The maximum atomic E-state index is 12.2. The van der Waals surface area contributed by atoms with Crippen molar-refractivity contribution in [2.45, 2.75) is 25.5 Å². The molecule has 0 aliphatic carbocycles. The number of aromatic nitrogens is 2. The molecule has 1 aliphatic rings. The summed E-state index contributed by atoms with van der Waals surface area (Å²) in [5, 5.41) is 5.34. The number of hydrogen-bond acceptors (Lipinski definition) is 4. The van der Waals surface area contributed by atoms with Crippen molar-refractivity contribution in [3.8, 4) is 0 Å². The van der Waals surface area contributed by atoms with Crippen molar-refractivity contribution in [2.75, 3.05) is 17.1 Å². The zero-order chi connectivity index (χ0) is 15.6. The molecule has 0 radical (unpaired) electrons. The van der Waals surface area contributed by atoms with Crippen molar-refractivity contribution in [1.82, 2.24) is 9.78 Å². The molecule has 0 amide bonds. The fraction of sp³-hybridized carbons (Fsp3) is 0.400. The molecule has 1 unspecified atom stereocenters. The third-order valence-corrected chi connectivity index (χ3v) is 4.93. The smallest absolute Gasteiger partial charge is 0.235 e. The van der Waals surface area contributed by atoms with Gasteiger partial charge in [0, 0.05) is 18.2 Å². The number of ether oxygens (including phenoxy) is 1. The van der Waals surface area contributed by atoms with E-state index in [0.29, 0.717) is 18.8 Å². The monoisotopic (exact) mass is 321 g/mol. The van der Waals surface area contributed by atoms with Gasteiger partial charge < -0.3 is 4.74 Å². The molecule has 6 nitrogen and oxygen atoms in total. The number of nitrogens with zero attached hydrogens (tertiary/aromatic N) is 2. The predicted octanol–water partition coefficient (Wildman–Crippen LogP) is 2.14. The van der Waals surface area contributed by atoms with Crippen LogP contribution in [0.3, 0.4) is 0 Å². The third kappa shape index (κ3) is 3.48. The Balaban J connectivity index is 1.76. The van der Waals surface area contributed by atoms with Gasteiger partial charge in [-0.25, -0.2) is 8.42 Å². The van der Waals surface area contributed by atoms with Crippen LogP contribution in [0.25, 0.3) is 10.9 Å². The first kappa shape index (κ1) is 15.1. The van der Waals surface area contributed by atoms with Gasteiger partial charge in [0.25, 0.3) is 0 Å². The lowest BCUT2D eigenvalue weighted by Gasteiger charge is -2.12. The number of hydrogen-bond donors (Lipinski definition) is 1. The molecule has 1 N–H and O–H groups in total. The third-order valence-electron chi connectivity index (χ3n) is 3.57. The van der Waals surface area contributed by atoms with Gasteiger partial charge in [-0.1, -0.05) is 6.08 Å². The van der Waals surface area contributed by atoms with Gasteiger partial charge in [-0.15, -0.1) is 6.58 Å². The quantitative estimate of drug-likeness (QED) is 0.827. The minimum absolute atomic E-state index is 0.00403. The molecule has 0 saturated carbocycles. The maximum Gasteiger partial charge on any atom is 0.235 e. The Bertz CT molecular complexity index is 776. The van der Waals surface area contributed by atoms with Crippen LogP contribution in [0.15, 0.2) is 37.1 Å². The fourth-order valence-corrected chi connectivity index (χ4v) is 3.92. The second-order valence-corrected chi connectivity index (χ2v) is 7.20. The molecular formula is C15H19N3O3S. The average molecular weight is 321 g/mol. The normalized spacial score (nSPS) is 18.6. The van der Waals surface area contributed by atoms with Crippen LogP contribution in [0.5, 0.6) is 0 Å². The van der Waals surface area contributed by atoms with Gasteiger partial charge in [0.1, 0.15) is 0 Å². The van der Waals surface area contributed by atoms with E-state index >= 15 is 0 Å². The van der Waals surface area contributed by atoms with Gasteiger partial charge in [0.05, 0.1) is 29.6 Å². The van der Waals surface area contributed by atoms with Gasteiger partial charge in [-0.05, 0) is 31.0 Å². The van der Waals surface area contributed by atoms with Crippen molar-refractivity contribution in [3.63, 3.8) is 0 Å². The molecule has 118 valence electrons. The van der Waals surface area contributed by atoms with Crippen LogP contribution in [0, 0.1) is 0 Å². The molecule has 1 fully saturated rings. The van der Waals surface area contributed by atoms with E-state index in [-0.39, 0.29) is 11.9 Å². The second-order valence-electron chi connectivity index (χ2n) is 5.43.